The smallest absolute Gasteiger partial charge is 0.219 e. The summed E-state index contributed by atoms with van der Waals surface area (Å²) in [4.78, 5) is 0.507. The van der Waals surface area contributed by atoms with E-state index in [2.05, 4.69) is 84.9 Å². The number of rotatable bonds is 5. The van der Waals surface area contributed by atoms with Gasteiger partial charge in [-0.25, -0.2) is 16.8 Å². The summed E-state index contributed by atoms with van der Waals surface area (Å²) < 4.78 is 57.3. The van der Waals surface area contributed by atoms with Gasteiger partial charge in [0, 0.05) is 0 Å². The molecule has 0 spiro atoms. The summed E-state index contributed by atoms with van der Waals surface area (Å²) in [5.74, 6) is 0. The lowest BCUT2D eigenvalue weighted by atomic mass is 9.36. The number of hydrogen-bond donors (Lipinski definition) is 0. The monoisotopic (exact) mass is 746 g/mol. The molecule has 0 atom stereocenters. The molecule has 0 aromatic heterocycles. The highest BCUT2D eigenvalue weighted by molar-refractivity contribution is 7.93. The van der Waals surface area contributed by atoms with Gasteiger partial charge in [-0.1, -0.05) is 133 Å². The third-order valence-corrected chi connectivity index (χ3v) is 14.6. The first kappa shape index (κ1) is 33.3. The Labute approximate surface area is 321 Å². The van der Waals surface area contributed by atoms with Gasteiger partial charge in [-0.15, -0.1) is 0 Å². The average Bonchev–Trinajstić information content (AvgIpc) is 3.24. The molecule has 2 heterocycles. The predicted octanol–water partition coefficient (Wildman–Crippen LogP) is 8.83. The van der Waals surface area contributed by atoms with Crippen LogP contribution in [-0.4, -0.2) is 23.5 Å². The molecule has 262 valence electrons. The van der Waals surface area contributed by atoms with Crippen molar-refractivity contribution >= 4 is 42.8 Å². The van der Waals surface area contributed by atoms with Gasteiger partial charge in [-0.05, 0) is 127 Å². The van der Waals surface area contributed by atoms with E-state index in [0.717, 1.165) is 50.1 Å². The number of fused-ring (bicyclic) bond motifs is 4. The van der Waals surface area contributed by atoms with Crippen molar-refractivity contribution in [3.63, 3.8) is 0 Å². The minimum absolute atomic E-state index is 0.0432. The van der Waals surface area contributed by atoms with Crippen molar-refractivity contribution in [2.75, 3.05) is 0 Å². The number of benzene rings is 8. The normalized spacial score (nSPS) is 14.4. The first-order valence-corrected chi connectivity index (χ1v) is 21.1. The molecule has 0 radical (unpaired) electrons. The first-order chi connectivity index (χ1) is 26.8. The zero-order chi connectivity index (χ0) is 37.3. The van der Waals surface area contributed by atoms with Gasteiger partial charge >= 0.3 is 0 Å². The molecule has 0 amide bonds. The molecule has 0 saturated carbocycles. The summed E-state index contributed by atoms with van der Waals surface area (Å²) in [5, 5.41) is 0. The average molecular weight is 747 g/mol. The van der Waals surface area contributed by atoms with Gasteiger partial charge in [0.15, 0.2) is 0 Å². The lowest BCUT2D eigenvalue weighted by Gasteiger charge is -2.33. The Balaban J connectivity index is 1.11. The van der Waals surface area contributed by atoms with Crippen molar-refractivity contribution in [1.82, 2.24) is 0 Å². The van der Waals surface area contributed by atoms with Crippen LogP contribution in [0.5, 0.6) is 0 Å². The molecule has 8 aromatic carbocycles. The van der Waals surface area contributed by atoms with E-state index in [1.165, 1.54) is 0 Å². The summed E-state index contributed by atoms with van der Waals surface area (Å²) in [6.45, 7) is -0.518. The SMILES string of the molecule is O=S1(=O)c2ccccc2B2c3ccccc3S(=O)(=O)c3cc(-c4cccc(-c5cccc(-c6cc(-c7ccccc7)cc(-c7ccccc7)c6)c5)c4)cc1c32. The zero-order valence-electron chi connectivity index (χ0n) is 29.4. The fourth-order valence-electron chi connectivity index (χ4n) is 8.29. The number of hydrogen-bond acceptors (Lipinski definition) is 4. The summed E-state index contributed by atoms with van der Waals surface area (Å²) >= 11 is 0. The van der Waals surface area contributed by atoms with Crippen molar-refractivity contribution in [3.05, 3.63) is 188 Å². The molecule has 7 heteroatoms. The highest BCUT2D eigenvalue weighted by Gasteiger charge is 2.47. The summed E-state index contributed by atoms with van der Waals surface area (Å²) in [7, 11) is -8.05. The van der Waals surface area contributed by atoms with E-state index in [4.69, 9.17) is 0 Å². The molecule has 0 N–H and O–H groups in total. The molecule has 2 aliphatic heterocycles. The predicted molar refractivity (Wildman–Crippen MR) is 222 cm³/mol. The quantitative estimate of drug-likeness (QED) is 0.165. The van der Waals surface area contributed by atoms with Crippen LogP contribution in [0.25, 0.3) is 55.6 Å². The Bertz CT molecular complexity index is 2910. The fourth-order valence-corrected chi connectivity index (χ4v) is 11.9. The summed E-state index contributed by atoms with van der Waals surface area (Å²) in [6, 6.07) is 60.9. The van der Waals surface area contributed by atoms with Crippen LogP contribution in [0, 0.1) is 0 Å². The topological polar surface area (TPSA) is 68.3 Å². The molecule has 0 fully saturated rings. The summed E-state index contributed by atoms with van der Waals surface area (Å²) in [5.41, 5.74) is 11.3. The van der Waals surface area contributed by atoms with Crippen LogP contribution < -0.4 is 16.4 Å². The standard InChI is InChI=1S/C48H31BO4S2/c50-54(51)44-23-9-7-21-42(44)49-43-22-8-10-24-45(43)55(52,53)47-31-41(30-46(54)48(47)49)37-20-12-18-35(26-37)34-17-11-19-36(25-34)40-28-38(32-13-3-1-4-14-32)27-39(29-40)33-15-5-2-6-16-33/h1-31H. The molecule has 0 bridgehead atoms. The van der Waals surface area contributed by atoms with Gasteiger partial charge in [0.25, 0.3) is 0 Å². The van der Waals surface area contributed by atoms with E-state index >= 15 is 0 Å². The molecule has 2 aliphatic rings. The van der Waals surface area contributed by atoms with Crippen molar-refractivity contribution in [2.45, 2.75) is 19.6 Å². The highest BCUT2D eigenvalue weighted by Crippen LogP contribution is 2.38. The molecule has 0 aliphatic carbocycles. The van der Waals surface area contributed by atoms with Gasteiger partial charge in [-0.2, -0.15) is 0 Å². The van der Waals surface area contributed by atoms with E-state index in [1.54, 1.807) is 48.5 Å². The van der Waals surface area contributed by atoms with Crippen LogP contribution in [0.15, 0.2) is 208 Å². The van der Waals surface area contributed by atoms with Crippen LogP contribution in [0.1, 0.15) is 0 Å². The molecular weight excluding hydrogens is 715 g/mol. The van der Waals surface area contributed by atoms with E-state index in [9.17, 15) is 16.8 Å². The van der Waals surface area contributed by atoms with E-state index < -0.39 is 26.4 Å². The maximum absolute atomic E-state index is 14.3. The molecule has 0 unspecified atom stereocenters. The lowest BCUT2D eigenvalue weighted by Crippen LogP contribution is -2.62. The maximum Gasteiger partial charge on any atom is 0.248 e. The molecule has 55 heavy (non-hydrogen) atoms. The zero-order valence-corrected chi connectivity index (χ0v) is 31.1. The van der Waals surface area contributed by atoms with Gasteiger partial charge in [-0.3, -0.25) is 0 Å². The van der Waals surface area contributed by atoms with Gasteiger partial charge < -0.3 is 0 Å². The Hall–Kier alpha value is -6.28. The summed E-state index contributed by atoms with van der Waals surface area (Å²) in [6.07, 6.45) is 0. The van der Waals surface area contributed by atoms with Gasteiger partial charge in [0.05, 0.1) is 19.6 Å². The third-order valence-electron chi connectivity index (χ3n) is 10.9. The van der Waals surface area contributed by atoms with Crippen LogP contribution in [0.2, 0.25) is 0 Å². The Morgan fingerprint density at radius 1 is 0.273 bits per heavy atom. The van der Waals surface area contributed by atoms with Crippen molar-refractivity contribution in [1.29, 1.82) is 0 Å². The van der Waals surface area contributed by atoms with E-state index in [1.807, 2.05) is 54.6 Å². The van der Waals surface area contributed by atoms with Crippen LogP contribution in [0.3, 0.4) is 0 Å². The Morgan fingerprint density at radius 2 is 0.582 bits per heavy atom. The lowest BCUT2D eigenvalue weighted by molar-refractivity contribution is 0.595. The Morgan fingerprint density at radius 3 is 1.02 bits per heavy atom. The van der Waals surface area contributed by atoms with Gasteiger partial charge in [0.2, 0.25) is 26.4 Å². The van der Waals surface area contributed by atoms with Gasteiger partial charge in [0.1, 0.15) is 0 Å². The maximum atomic E-state index is 14.3. The molecule has 10 rings (SSSR count). The van der Waals surface area contributed by atoms with E-state index in [0.29, 0.717) is 22.0 Å². The third kappa shape index (κ3) is 5.42. The van der Waals surface area contributed by atoms with Crippen LogP contribution in [0.4, 0.5) is 0 Å². The number of sulfone groups is 2. The van der Waals surface area contributed by atoms with Crippen molar-refractivity contribution in [2.24, 2.45) is 0 Å². The molecule has 4 nitrogen and oxygen atoms in total. The minimum atomic E-state index is -4.03. The fraction of sp³-hybridized carbons (Fsp3) is 0. The minimum Gasteiger partial charge on any atom is -0.219 e. The Kier molecular flexibility index (Phi) is 7.67. The van der Waals surface area contributed by atoms with Crippen molar-refractivity contribution in [3.8, 4) is 55.6 Å². The largest absolute Gasteiger partial charge is 0.248 e. The van der Waals surface area contributed by atoms with Crippen LogP contribution in [-0.2, 0) is 19.7 Å². The van der Waals surface area contributed by atoms with Crippen molar-refractivity contribution < 1.29 is 16.8 Å². The first-order valence-electron chi connectivity index (χ1n) is 18.1. The molecule has 0 saturated heterocycles. The second kappa shape index (κ2) is 12.7. The molecular formula is C48H31BO4S2. The van der Waals surface area contributed by atoms with E-state index in [-0.39, 0.29) is 19.6 Å². The highest BCUT2D eigenvalue weighted by atomic mass is 32.2. The van der Waals surface area contributed by atoms with Crippen LogP contribution >= 0.6 is 0 Å². The second-order valence-corrected chi connectivity index (χ2v) is 17.9. The second-order valence-electron chi connectivity index (χ2n) is 14.1. The molecule has 8 aromatic rings.